The standard InChI is InChI=1S/C10H16O/c1-7-4-3-5-8-9(11)6-10(7,8)2/h7-8H,3-6H2,1-2H3/t7-,8+,10+/m0/s1. The van der Waals surface area contributed by atoms with Gasteiger partial charge in [-0.25, -0.2) is 0 Å². The van der Waals surface area contributed by atoms with Crippen LogP contribution in [0.1, 0.15) is 39.5 Å². The highest BCUT2D eigenvalue weighted by molar-refractivity contribution is 5.89. The largest absolute Gasteiger partial charge is 0.299 e. The Morgan fingerprint density at radius 3 is 2.73 bits per heavy atom. The zero-order valence-electron chi connectivity index (χ0n) is 7.39. The van der Waals surface area contributed by atoms with E-state index in [0.29, 0.717) is 17.1 Å². The zero-order chi connectivity index (χ0) is 8.06. The Bertz CT molecular complexity index is 197. The average molecular weight is 152 g/mol. The van der Waals surface area contributed by atoms with Gasteiger partial charge in [0.25, 0.3) is 0 Å². The Hall–Kier alpha value is -0.330. The molecule has 0 aromatic carbocycles. The molecule has 0 radical (unpaired) electrons. The maximum absolute atomic E-state index is 11.2. The van der Waals surface area contributed by atoms with Crippen LogP contribution in [0.5, 0.6) is 0 Å². The van der Waals surface area contributed by atoms with Crippen molar-refractivity contribution in [2.75, 3.05) is 0 Å². The van der Waals surface area contributed by atoms with E-state index in [1.807, 2.05) is 0 Å². The van der Waals surface area contributed by atoms with Crippen molar-refractivity contribution in [1.29, 1.82) is 0 Å². The van der Waals surface area contributed by atoms with E-state index in [4.69, 9.17) is 0 Å². The van der Waals surface area contributed by atoms with Gasteiger partial charge in [-0.1, -0.05) is 26.7 Å². The predicted molar refractivity (Wildman–Crippen MR) is 44.2 cm³/mol. The third-order valence-corrected chi connectivity index (χ3v) is 4.00. The third-order valence-electron chi connectivity index (χ3n) is 4.00. The molecule has 0 heterocycles. The summed E-state index contributed by atoms with van der Waals surface area (Å²) < 4.78 is 0. The topological polar surface area (TPSA) is 17.1 Å². The average Bonchev–Trinajstić information content (AvgIpc) is 1.95. The lowest BCUT2D eigenvalue weighted by Gasteiger charge is -2.53. The van der Waals surface area contributed by atoms with E-state index in [-0.39, 0.29) is 0 Å². The van der Waals surface area contributed by atoms with Crippen molar-refractivity contribution in [3.8, 4) is 0 Å². The summed E-state index contributed by atoms with van der Waals surface area (Å²) >= 11 is 0. The SMILES string of the molecule is C[C@H]1CCC[C@@H]2C(=O)C[C@@]21C. The summed E-state index contributed by atoms with van der Waals surface area (Å²) in [7, 11) is 0. The normalized spacial score (nSPS) is 49.8. The van der Waals surface area contributed by atoms with Gasteiger partial charge in [0, 0.05) is 12.3 Å². The Kier molecular flexibility index (Phi) is 1.39. The number of rotatable bonds is 0. The summed E-state index contributed by atoms with van der Waals surface area (Å²) in [5, 5.41) is 0. The Morgan fingerprint density at radius 1 is 1.45 bits per heavy atom. The summed E-state index contributed by atoms with van der Waals surface area (Å²) in [6.07, 6.45) is 4.63. The second-order valence-corrected chi connectivity index (χ2v) is 4.53. The van der Waals surface area contributed by atoms with E-state index < -0.39 is 0 Å². The van der Waals surface area contributed by atoms with Crippen LogP contribution in [0.3, 0.4) is 0 Å². The van der Waals surface area contributed by atoms with Gasteiger partial charge in [0.15, 0.2) is 0 Å². The molecule has 2 aliphatic carbocycles. The van der Waals surface area contributed by atoms with E-state index in [9.17, 15) is 4.79 Å². The van der Waals surface area contributed by atoms with Gasteiger partial charge in [-0.05, 0) is 17.8 Å². The maximum Gasteiger partial charge on any atom is 0.137 e. The summed E-state index contributed by atoms with van der Waals surface area (Å²) in [5.41, 5.74) is 0.398. The lowest BCUT2D eigenvalue weighted by molar-refractivity contribution is -0.150. The quantitative estimate of drug-likeness (QED) is 0.521. The highest BCUT2D eigenvalue weighted by Crippen LogP contribution is 2.55. The second kappa shape index (κ2) is 2.09. The van der Waals surface area contributed by atoms with Gasteiger partial charge >= 0.3 is 0 Å². The monoisotopic (exact) mass is 152 g/mol. The van der Waals surface area contributed by atoms with Crippen molar-refractivity contribution in [3.05, 3.63) is 0 Å². The highest BCUT2D eigenvalue weighted by atomic mass is 16.1. The van der Waals surface area contributed by atoms with Crippen LogP contribution in [0.4, 0.5) is 0 Å². The Labute approximate surface area is 68.2 Å². The lowest BCUT2D eigenvalue weighted by atomic mass is 9.50. The first-order chi connectivity index (χ1) is 5.14. The minimum Gasteiger partial charge on any atom is -0.299 e. The molecule has 0 spiro atoms. The molecule has 0 aromatic rings. The van der Waals surface area contributed by atoms with Gasteiger partial charge < -0.3 is 0 Å². The molecule has 11 heavy (non-hydrogen) atoms. The molecule has 0 unspecified atom stereocenters. The summed E-state index contributed by atoms with van der Waals surface area (Å²) in [6, 6.07) is 0. The predicted octanol–water partition coefficient (Wildman–Crippen LogP) is 2.40. The van der Waals surface area contributed by atoms with E-state index in [1.54, 1.807) is 0 Å². The number of fused-ring (bicyclic) bond motifs is 1. The molecule has 0 bridgehead atoms. The summed E-state index contributed by atoms with van der Waals surface area (Å²) in [4.78, 5) is 11.2. The van der Waals surface area contributed by atoms with Crippen molar-refractivity contribution in [3.63, 3.8) is 0 Å². The first-order valence-electron chi connectivity index (χ1n) is 4.67. The first-order valence-corrected chi connectivity index (χ1v) is 4.67. The molecule has 2 fully saturated rings. The van der Waals surface area contributed by atoms with Crippen molar-refractivity contribution in [2.24, 2.45) is 17.3 Å². The third kappa shape index (κ3) is 0.800. The summed E-state index contributed by atoms with van der Waals surface area (Å²) in [5.74, 6) is 1.74. The second-order valence-electron chi connectivity index (χ2n) is 4.53. The van der Waals surface area contributed by atoms with E-state index in [2.05, 4.69) is 13.8 Å². The molecular weight excluding hydrogens is 136 g/mol. The molecule has 0 aliphatic heterocycles. The fourth-order valence-corrected chi connectivity index (χ4v) is 2.82. The molecule has 2 aliphatic rings. The number of ketones is 1. The van der Waals surface area contributed by atoms with Crippen LogP contribution >= 0.6 is 0 Å². The molecule has 2 saturated carbocycles. The van der Waals surface area contributed by atoms with Gasteiger partial charge in [-0.15, -0.1) is 0 Å². The molecule has 0 aromatic heterocycles. The number of hydrogen-bond donors (Lipinski definition) is 0. The minimum absolute atomic E-state index is 0.398. The van der Waals surface area contributed by atoms with Crippen molar-refractivity contribution in [1.82, 2.24) is 0 Å². The van der Waals surface area contributed by atoms with Crippen LogP contribution in [0, 0.1) is 17.3 Å². The van der Waals surface area contributed by atoms with Gasteiger partial charge in [0.1, 0.15) is 5.78 Å². The van der Waals surface area contributed by atoms with Crippen LogP contribution in [0.2, 0.25) is 0 Å². The Balaban J connectivity index is 2.19. The van der Waals surface area contributed by atoms with E-state index in [0.717, 1.165) is 12.3 Å². The van der Waals surface area contributed by atoms with Crippen LogP contribution in [0.15, 0.2) is 0 Å². The zero-order valence-corrected chi connectivity index (χ0v) is 7.39. The van der Waals surface area contributed by atoms with Crippen LogP contribution in [-0.4, -0.2) is 5.78 Å². The van der Waals surface area contributed by atoms with Gasteiger partial charge in [-0.2, -0.15) is 0 Å². The highest BCUT2D eigenvalue weighted by Gasteiger charge is 2.53. The Morgan fingerprint density at radius 2 is 2.18 bits per heavy atom. The number of carbonyl (C=O) groups excluding carboxylic acids is 1. The van der Waals surface area contributed by atoms with Gasteiger partial charge in [0.2, 0.25) is 0 Å². The van der Waals surface area contributed by atoms with E-state index >= 15 is 0 Å². The molecule has 1 heteroatoms. The molecule has 62 valence electrons. The van der Waals surface area contributed by atoms with Crippen molar-refractivity contribution >= 4 is 5.78 Å². The summed E-state index contributed by atoms with van der Waals surface area (Å²) in [6.45, 7) is 4.60. The molecule has 0 N–H and O–H groups in total. The van der Waals surface area contributed by atoms with Crippen LogP contribution in [0.25, 0.3) is 0 Å². The smallest absolute Gasteiger partial charge is 0.137 e. The number of carbonyl (C=O) groups is 1. The molecule has 2 rings (SSSR count). The van der Waals surface area contributed by atoms with Gasteiger partial charge in [-0.3, -0.25) is 4.79 Å². The van der Waals surface area contributed by atoms with Crippen molar-refractivity contribution in [2.45, 2.75) is 39.5 Å². The minimum atomic E-state index is 0.398. The first kappa shape index (κ1) is 7.33. The maximum atomic E-state index is 11.2. The number of Topliss-reactive ketones (excluding diaryl/α,β-unsaturated/α-hetero) is 1. The van der Waals surface area contributed by atoms with E-state index in [1.165, 1.54) is 19.3 Å². The molecule has 1 nitrogen and oxygen atoms in total. The number of hydrogen-bond acceptors (Lipinski definition) is 1. The fourth-order valence-electron chi connectivity index (χ4n) is 2.82. The molecule has 0 amide bonds. The van der Waals surface area contributed by atoms with Crippen molar-refractivity contribution < 1.29 is 4.79 Å². The van der Waals surface area contributed by atoms with Crippen LogP contribution < -0.4 is 0 Å². The molecule has 0 saturated heterocycles. The van der Waals surface area contributed by atoms with Crippen LogP contribution in [-0.2, 0) is 4.79 Å². The lowest BCUT2D eigenvalue weighted by Crippen LogP contribution is -2.52. The fraction of sp³-hybridized carbons (Fsp3) is 0.900. The molecular formula is C10H16O. The van der Waals surface area contributed by atoms with Gasteiger partial charge in [0.05, 0.1) is 0 Å². The molecule has 3 atom stereocenters.